The summed E-state index contributed by atoms with van der Waals surface area (Å²) in [4.78, 5) is 11.8. The van der Waals surface area contributed by atoms with Crippen LogP contribution in [0, 0.1) is 0 Å². The average molecular weight is 291 g/mol. The van der Waals surface area contributed by atoms with Crippen LogP contribution in [0.5, 0.6) is 0 Å². The number of para-hydroxylation sites is 1. The van der Waals surface area contributed by atoms with Crippen LogP contribution in [-0.4, -0.2) is 18.6 Å². The van der Waals surface area contributed by atoms with E-state index in [0.29, 0.717) is 0 Å². The molecule has 3 heteroatoms. The van der Waals surface area contributed by atoms with Crippen molar-refractivity contribution in [1.29, 1.82) is 0 Å². The summed E-state index contributed by atoms with van der Waals surface area (Å²) < 4.78 is 5.72. The summed E-state index contributed by atoms with van der Waals surface area (Å²) in [6.07, 6.45) is 8.58. The van der Waals surface area contributed by atoms with Crippen molar-refractivity contribution in [3.05, 3.63) is 30.3 Å². The summed E-state index contributed by atoms with van der Waals surface area (Å²) in [5, 5.41) is 2.84. The highest BCUT2D eigenvalue weighted by molar-refractivity contribution is 5.91. The SMILES string of the molecule is CCCCCCCC(CC)OCC(=O)Nc1ccccc1. The molecule has 1 atom stereocenters. The van der Waals surface area contributed by atoms with Gasteiger partial charge in [0.05, 0.1) is 6.10 Å². The number of unbranched alkanes of at least 4 members (excludes halogenated alkanes) is 4. The van der Waals surface area contributed by atoms with Gasteiger partial charge in [-0.1, -0.05) is 64.2 Å². The molecule has 3 nitrogen and oxygen atoms in total. The van der Waals surface area contributed by atoms with Crippen LogP contribution in [0.4, 0.5) is 5.69 Å². The van der Waals surface area contributed by atoms with Crippen molar-refractivity contribution in [3.8, 4) is 0 Å². The van der Waals surface area contributed by atoms with Gasteiger partial charge in [0.25, 0.3) is 0 Å². The highest BCUT2D eigenvalue weighted by Gasteiger charge is 2.09. The Kier molecular flexibility index (Phi) is 9.55. The minimum atomic E-state index is -0.0781. The number of ether oxygens (including phenoxy) is 1. The van der Waals surface area contributed by atoms with Crippen LogP contribution in [0.1, 0.15) is 58.8 Å². The third-order valence-electron chi connectivity index (χ3n) is 3.59. The van der Waals surface area contributed by atoms with Gasteiger partial charge in [0.1, 0.15) is 6.61 Å². The molecule has 0 aromatic heterocycles. The highest BCUT2D eigenvalue weighted by atomic mass is 16.5. The molecule has 1 amide bonds. The molecule has 0 saturated carbocycles. The van der Waals surface area contributed by atoms with Gasteiger partial charge in [-0.2, -0.15) is 0 Å². The zero-order chi connectivity index (χ0) is 15.3. The predicted molar refractivity (Wildman–Crippen MR) is 88.5 cm³/mol. The first kappa shape index (κ1) is 17.7. The number of rotatable bonds is 11. The summed E-state index contributed by atoms with van der Waals surface area (Å²) >= 11 is 0. The largest absolute Gasteiger partial charge is 0.368 e. The Morgan fingerprint density at radius 3 is 2.48 bits per heavy atom. The van der Waals surface area contributed by atoms with Gasteiger partial charge in [-0.3, -0.25) is 4.79 Å². The van der Waals surface area contributed by atoms with E-state index in [2.05, 4.69) is 19.2 Å². The van der Waals surface area contributed by atoms with Gasteiger partial charge in [-0.05, 0) is 25.0 Å². The van der Waals surface area contributed by atoms with E-state index < -0.39 is 0 Å². The van der Waals surface area contributed by atoms with Crippen molar-refractivity contribution >= 4 is 11.6 Å². The third-order valence-corrected chi connectivity index (χ3v) is 3.59. The quantitative estimate of drug-likeness (QED) is 0.596. The standard InChI is InChI=1S/C18H29NO2/c1-3-5-6-7-11-14-17(4-2)21-15-18(20)19-16-12-9-8-10-13-16/h8-10,12-13,17H,3-7,11,14-15H2,1-2H3,(H,19,20). The van der Waals surface area contributed by atoms with Crippen molar-refractivity contribution in [3.63, 3.8) is 0 Å². The fourth-order valence-electron chi connectivity index (χ4n) is 2.29. The zero-order valence-corrected chi connectivity index (χ0v) is 13.4. The average Bonchev–Trinajstić information content (AvgIpc) is 2.51. The molecule has 1 unspecified atom stereocenters. The second-order valence-corrected chi connectivity index (χ2v) is 5.46. The van der Waals surface area contributed by atoms with E-state index in [9.17, 15) is 4.79 Å². The summed E-state index contributed by atoms with van der Waals surface area (Å²) in [7, 11) is 0. The van der Waals surface area contributed by atoms with Crippen molar-refractivity contribution in [2.75, 3.05) is 11.9 Å². The number of nitrogens with one attached hydrogen (secondary N) is 1. The van der Waals surface area contributed by atoms with Crippen molar-refractivity contribution in [1.82, 2.24) is 0 Å². The summed E-state index contributed by atoms with van der Waals surface area (Å²) in [5.41, 5.74) is 0.818. The summed E-state index contributed by atoms with van der Waals surface area (Å²) in [6.45, 7) is 4.48. The number of amides is 1. The number of hydrogen-bond acceptors (Lipinski definition) is 2. The molecular formula is C18H29NO2. The van der Waals surface area contributed by atoms with Gasteiger partial charge < -0.3 is 10.1 Å². The maximum Gasteiger partial charge on any atom is 0.250 e. The molecule has 1 rings (SSSR count). The van der Waals surface area contributed by atoms with E-state index >= 15 is 0 Å². The van der Waals surface area contributed by atoms with Crippen molar-refractivity contribution in [2.24, 2.45) is 0 Å². The lowest BCUT2D eigenvalue weighted by atomic mass is 10.1. The Bertz CT molecular complexity index is 378. The molecule has 0 aliphatic carbocycles. The normalized spacial score (nSPS) is 12.1. The molecule has 0 radical (unpaired) electrons. The van der Waals surface area contributed by atoms with E-state index in [4.69, 9.17) is 4.74 Å². The number of hydrogen-bond donors (Lipinski definition) is 1. The number of benzene rings is 1. The highest BCUT2D eigenvalue weighted by Crippen LogP contribution is 2.12. The smallest absolute Gasteiger partial charge is 0.250 e. The number of anilines is 1. The minimum absolute atomic E-state index is 0.0781. The monoisotopic (exact) mass is 291 g/mol. The molecule has 0 fully saturated rings. The van der Waals surface area contributed by atoms with Gasteiger partial charge in [0.2, 0.25) is 5.91 Å². The lowest BCUT2D eigenvalue weighted by Gasteiger charge is -2.16. The van der Waals surface area contributed by atoms with Gasteiger partial charge in [0, 0.05) is 5.69 Å². The van der Waals surface area contributed by atoms with Crippen LogP contribution < -0.4 is 5.32 Å². The Balaban J connectivity index is 2.17. The van der Waals surface area contributed by atoms with Gasteiger partial charge in [0.15, 0.2) is 0 Å². The van der Waals surface area contributed by atoms with Gasteiger partial charge in [-0.15, -0.1) is 0 Å². The molecule has 1 aromatic carbocycles. The fraction of sp³-hybridized carbons (Fsp3) is 0.611. The number of carbonyl (C=O) groups is 1. The molecule has 0 heterocycles. The first-order valence-corrected chi connectivity index (χ1v) is 8.22. The second-order valence-electron chi connectivity index (χ2n) is 5.46. The summed E-state index contributed by atoms with van der Waals surface area (Å²) in [5.74, 6) is -0.0781. The molecule has 118 valence electrons. The molecule has 0 aliphatic rings. The van der Waals surface area contributed by atoms with E-state index in [0.717, 1.165) is 18.5 Å². The molecule has 1 aromatic rings. The zero-order valence-electron chi connectivity index (χ0n) is 13.4. The molecule has 0 aliphatic heterocycles. The molecule has 0 bridgehead atoms. The first-order valence-electron chi connectivity index (χ1n) is 8.22. The molecule has 0 saturated heterocycles. The van der Waals surface area contributed by atoms with Crippen molar-refractivity contribution in [2.45, 2.75) is 64.9 Å². The van der Waals surface area contributed by atoms with Crippen LogP contribution in [-0.2, 0) is 9.53 Å². The predicted octanol–water partition coefficient (Wildman–Crippen LogP) is 4.78. The molecule has 21 heavy (non-hydrogen) atoms. The molecule has 0 spiro atoms. The Hall–Kier alpha value is -1.35. The van der Waals surface area contributed by atoms with E-state index in [1.165, 1.54) is 32.1 Å². The number of carbonyl (C=O) groups excluding carboxylic acids is 1. The maximum absolute atomic E-state index is 11.8. The fourth-order valence-corrected chi connectivity index (χ4v) is 2.29. The first-order chi connectivity index (χ1) is 10.3. The third kappa shape index (κ3) is 8.51. The van der Waals surface area contributed by atoms with Crippen LogP contribution in [0.2, 0.25) is 0 Å². The molecule has 1 N–H and O–H groups in total. The van der Waals surface area contributed by atoms with Crippen LogP contribution in [0.15, 0.2) is 30.3 Å². The Morgan fingerprint density at radius 2 is 1.81 bits per heavy atom. The lowest BCUT2D eigenvalue weighted by Crippen LogP contribution is -2.23. The minimum Gasteiger partial charge on any atom is -0.368 e. The van der Waals surface area contributed by atoms with Crippen LogP contribution >= 0.6 is 0 Å². The van der Waals surface area contributed by atoms with Gasteiger partial charge in [-0.25, -0.2) is 0 Å². The van der Waals surface area contributed by atoms with Crippen molar-refractivity contribution < 1.29 is 9.53 Å². The van der Waals surface area contributed by atoms with Gasteiger partial charge >= 0.3 is 0 Å². The topological polar surface area (TPSA) is 38.3 Å². The lowest BCUT2D eigenvalue weighted by molar-refractivity contribution is -0.122. The van der Waals surface area contributed by atoms with E-state index in [1.807, 2.05) is 30.3 Å². The molecular weight excluding hydrogens is 262 g/mol. The Morgan fingerprint density at radius 1 is 1.10 bits per heavy atom. The Labute approximate surface area is 129 Å². The van der Waals surface area contributed by atoms with E-state index in [1.54, 1.807) is 0 Å². The van der Waals surface area contributed by atoms with E-state index in [-0.39, 0.29) is 18.6 Å². The van der Waals surface area contributed by atoms with Crippen LogP contribution in [0.25, 0.3) is 0 Å². The van der Waals surface area contributed by atoms with Crippen LogP contribution in [0.3, 0.4) is 0 Å². The second kappa shape index (κ2) is 11.3. The maximum atomic E-state index is 11.8. The summed E-state index contributed by atoms with van der Waals surface area (Å²) in [6, 6.07) is 9.49.